The summed E-state index contributed by atoms with van der Waals surface area (Å²) < 4.78 is 0. The summed E-state index contributed by atoms with van der Waals surface area (Å²) in [4.78, 5) is 19.9. The van der Waals surface area contributed by atoms with E-state index < -0.39 is 0 Å². The number of nitrogens with one attached hydrogen (secondary N) is 1. The summed E-state index contributed by atoms with van der Waals surface area (Å²) >= 11 is 11.6. The Hall–Kier alpha value is -1.65. The molecule has 6 heteroatoms. The predicted octanol–water partition coefficient (Wildman–Crippen LogP) is 3.34. The number of halogens is 2. The topological polar surface area (TPSA) is 54.9 Å². The van der Waals surface area contributed by atoms with Crippen LogP contribution >= 0.6 is 23.2 Å². The fraction of sp³-hybridized carbons (Fsp3) is 0.0833. The Morgan fingerprint density at radius 2 is 2.06 bits per heavy atom. The Morgan fingerprint density at radius 1 is 1.28 bits per heavy atom. The number of aromatic nitrogens is 2. The van der Waals surface area contributed by atoms with Crippen molar-refractivity contribution in [1.82, 2.24) is 9.97 Å². The van der Waals surface area contributed by atoms with Gasteiger partial charge in [-0.3, -0.25) is 4.79 Å². The summed E-state index contributed by atoms with van der Waals surface area (Å²) in [7, 11) is 0. The van der Waals surface area contributed by atoms with E-state index in [1.807, 2.05) is 0 Å². The van der Waals surface area contributed by atoms with Crippen molar-refractivity contribution in [3.05, 3.63) is 51.9 Å². The molecule has 0 aromatic carbocycles. The zero-order chi connectivity index (χ0) is 13.1. The number of carbonyl (C=O) groups excluding carboxylic acids is 1. The molecule has 1 N–H and O–H groups in total. The van der Waals surface area contributed by atoms with Crippen LogP contribution in [-0.4, -0.2) is 15.9 Å². The van der Waals surface area contributed by atoms with E-state index in [1.54, 1.807) is 25.1 Å². The van der Waals surface area contributed by atoms with Gasteiger partial charge in [-0.2, -0.15) is 0 Å². The molecule has 0 bridgehead atoms. The minimum atomic E-state index is -0.308. The number of anilines is 1. The average Bonchev–Trinajstić information content (AvgIpc) is 2.27. The Morgan fingerprint density at radius 3 is 2.72 bits per heavy atom. The lowest BCUT2D eigenvalue weighted by atomic mass is 10.2. The van der Waals surface area contributed by atoms with Crippen LogP contribution in [0.1, 0.15) is 16.1 Å². The van der Waals surface area contributed by atoms with E-state index in [2.05, 4.69) is 15.3 Å². The first-order chi connectivity index (χ1) is 8.54. The first-order valence-electron chi connectivity index (χ1n) is 5.12. The van der Waals surface area contributed by atoms with Gasteiger partial charge in [-0.15, -0.1) is 0 Å². The molecular weight excluding hydrogens is 273 g/mol. The summed E-state index contributed by atoms with van der Waals surface area (Å²) in [5.41, 5.74) is 1.10. The zero-order valence-electron chi connectivity index (χ0n) is 9.45. The molecule has 2 rings (SSSR count). The van der Waals surface area contributed by atoms with E-state index in [1.165, 1.54) is 12.3 Å². The number of hydrogen-bond donors (Lipinski definition) is 1. The molecule has 2 aromatic rings. The maximum Gasteiger partial charge on any atom is 0.256 e. The largest absolute Gasteiger partial charge is 0.307 e. The Kier molecular flexibility index (Phi) is 3.79. The van der Waals surface area contributed by atoms with Gasteiger partial charge < -0.3 is 5.32 Å². The lowest BCUT2D eigenvalue weighted by Gasteiger charge is -2.05. The van der Waals surface area contributed by atoms with Gasteiger partial charge in [0.2, 0.25) is 0 Å². The number of amides is 1. The Bertz CT molecular complexity index is 581. The summed E-state index contributed by atoms with van der Waals surface area (Å²) in [6, 6.07) is 6.33. The first-order valence-corrected chi connectivity index (χ1v) is 5.87. The van der Waals surface area contributed by atoms with Crippen molar-refractivity contribution in [3.63, 3.8) is 0 Å². The second-order valence-electron chi connectivity index (χ2n) is 3.63. The van der Waals surface area contributed by atoms with Crippen molar-refractivity contribution in [2.75, 3.05) is 5.32 Å². The van der Waals surface area contributed by atoms with Crippen LogP contribution in [-0.2, 0) is 0 Å². The molecule has 0 fully saturated rings. The van der Waals surface area contributed by atoms with Crippen molar-refractivity contribution >= 4 is 34.9 Å². The molecule has 18 heavy (non-hydrogen) atoms. The lowest BCUT2D eigenvalue weighted by molar-refractivity contribution is 0.102. The fourth-order valence-corrected chi connectivity index (χ4v) is 1.83. The van der Waals surface area contributed by atoms with E-state index in [0.29, 0.717) is 22.1 Å². The number of nitrogens with zero attached hydrogens (tertiary/aromatic N) is 2. The molecule has 2 heterocycles. The maximum absolute atomic E-state index is 11.9. The monoisotopic (exact) mass is 281 g/mol. The third kappa shape index (κ3) is 3.18. The second-order valence-corrected chi connectivity index (χ2v) is 4.46. The average molecular weight is 282 g/mol. The highest BCUT2D eigenvalue weighted by Gasteiger charge is 2.09. The molecule has 0 unspecified atom stereocenters. The summed E-state index contributed by atoms with van der Waals surface area (Å²) in [5, 5.41) is 3.41. The van der Waals surface area contributed by atoms with Crippen LogP contribution in [0.4, 0.5) is 5.82 Å². The van der Waals surface area contributed by atoms with Crippen molar-refractivity contribution in [2.45, 2.75) is 6.92 Å². The summed E-state index contributed by atoms with van der Waals surface area (Å²) in [6.45, 7) is 1.76. The van der Waals surface area contributed by atoms with Crippen LogP contribution in [0.25, 0.3) is 0 Å². The summed E-state index contributed by atoms with van der Waals surface area (Å²) in [6.07, 6.45) is 1.52. The standard InChI is InChI=1S/C12H9Cl2N3O/c1-7-4-8(5-10(14)16-7)12(18)17-11-6-9(13)2-3-15-11/h2-6H,1H3,(H,15,17,18). The molecule has 0 aliphatic heterocycles. The highest BCUT2D eigenvalue weighted by Crippen LogP contribution is 2.15. The molecule has 0 radical (unpaired) electrons. The molecular formula is C12H9Cl2N3O. The number of hydrogen-bond acceptors (Lipinski definition) is 3. The van der Waals surface area contributed by atoms with Gasteiger partial charge in [0.15, 0.2) is 0 Å². The molecule has 92 valence electrons. The zero-order valence-corrected chi connectivity index (χ0v) is 11.0. The van der Waals surface area contributed by atoms with E-state index in [-0.39, 0.29) is 11.1 Å². The van der Waals surface area contributed by atoms with Crippen LogP contribution in [0, 0.1) is 6.92 Å². The smallest absolute Gasteiger partial charge is 0.256 e. The molecule has 0 aliphatic rings. The van der Waals surface area contributed by atoms with Crippen molar-refractivity contribution < 1.29 is 4.79 Å². The van der Waals surface area contributed by atoms with Crippen molar-refractivity contribution in [2.24, 2.45) is 0 Å². The van der Waals surface area contributed by atoms with Gasteiger partial charge in [0, 0.05) is 22.5 Å². The SMILES string of the molecule is Cc1cc(C(=O)Nc2cc(Cl)ccn2)cc(Cl)n1. The second kappa shape index (κ2) is 5.33. The maximum atomic E-state index is 11.9. The molecule has 0 atom stereocenters. The van der Waals surface area contributed by atoms with Crippen molar-refractivity contribution in [1.29, 1.82) is 0 Å². The normalized spacial score (nSPS) is 10.2. The predicted molar refractivity (Wildman–Crippen MR) is 71.2 cm³/mol. The molecule has 0 spiro atoms. The van der Waals surface area contributed by atoms with Gasteiger partial charge in [-0.25, -0.2) is 9.97 Å². The van der Waals surface area contributed by atoms with Gasteiger partial charge in [0.1, 0.15) is 11.0 Å². The van der Waals surface area contributed by atoms with Crippen LogP contribution in [0.3, 0.4) is 0 Å². The minimum absolute atomic E-state index is 0.277. The van der Waals surface area contributed by atoms with E-state index in [0.717, 1.165) is 0 Å². The van der Waals surface area contributed by atoms with Gasteiger partial charge in [-0.05, 0) is 31.2 Å². The number of rotatable bonds is 2. The van der Waals surface area contributed by atoms with Crippen LogP contribution in [0.2, 0.25) is 10.2 Å². The van der Waals surface area contributed by atoms with Gasteiger partial charge in [0.05, 0.1) is 0 Å². The minimum Gasteiger partial charge on any atom is -0.307 e. The lowest BCUT2D eigenvalue weighted by Crippen LogP contribution is -2.13. The molecule has 1 amide bonds. The number of aryl methyl sites for hydroxylation is 1. The fourth-order valence-electron chi connectivity index (χ4n) is 1.42. The molecule has 0 saturated heterocycles. The third-order valence-electron chi connectivity index (χ3n) is 2.15. The van der Waals surface area contributed by atoms with Crippen LogP contribution in [0.15, 0.2) is 30.5 Å². The van der Waals surface area contributed by atoms with E-state index in [4.69, 9.17) is 23.2 Å². The van der Waals surface area contributed by atoms with Gasteiger partial charge >= 0.3 is 0 Å². The Labute approximate surface area is 114 Å². The number of pyridine rings is 2. The van der Waals surface area contributed by atoms with E-state index in [9.17, 15) is 4.79 Å². The van der Waals surface area contributed by atoms with E-state index >= 15 is 0 Å². The van der Waals surface area contributed by atoms with Crippen LogP contribution < -0.4 is 5.32 Å². The quantitative estimate of drug-likeness (QED) is 0.859. The molecule has 2 aromatic heterocycles. The van der Waals surface area contributed by atoms with Gasteiger partial charge in [0.25, 0.3) is 5.91 Å². The first kappa shape index (κ1) is 12.8. The van der Waals surface area contributed by atoms with Gasteiger partial charge in [-0.1, -0.05) is 23.2 Å². The highest BCUT2D eigenvalue weighted by atomic mass is 35.5. The summed E-state index contributed by atoms with van der Waals surface area (Å²) in [5.74, 6) is 0.0789. The molecule has 0 aliphatic carbocycles. The van der Waals surface area contributed by atoms with Crippen molar-refractivity contribution in [3.8, 4) is 0 Å². The highest BCUT2D eigenvalue weighted by molar-refractivity contribution is 6.31. The number of carbonyl (C=O) groups is 1. The molecule has 4 nitrogen and oxygen atoms in total. The Balaban J connectivity index is 2.22. The third-order valence-corrected chi connectivity index (χ3v) is 2.58. The molecule has 0 saturated carbocycles. The van der Waals surface area contributed by atoms with Crippen LogP contribution in [0.5, 0.6) is 0 Å².